The number of nitrogens with zero attached hydrogens (tertiary/aromatic N) is 1. The Labute approximate surface area is 127 Å². The number of carbonyl (C=O) groups excluding carboxylic acids is 1. The number of halogens is 2. The van der Waals surface area contributed by atoms with E-state index in [9.17, 15) is 13.6 Å². The van der Waals surface area contributed by atoms with E-state index in [2.05, 4.69) is 15.6 Å². The fourth-order valence-corrected chi connectivity index (χ4v) is 2.10. The van der Waals surface area contributed by atoms with Crippen molar-refractivity contribution in [3.8, 4) is 0 Å². The number of anilines is 1. The van der Waals surface area contributed by atoms with E-state index in [-0.39, 0.29) is 17.3 Å². The van der Waals surface area contributed by atoms with Crippen LogP contribution < -0.4 is 10.6 Å². The average Bonchev–Trinajstić information content (AvgIpc) is 2.47. The van der Waals surface area contributed by atoms with Gasteiger partial charge in [0.05, 0.1) is 0 Å². The number of hydrogen-bond acceptors (Lipinski definition) is 3. The first-order valence-corrected chi connectivity index (χ1v) is 7.17. The molecule has 22 heavy (non-hydrogen) atoms. The number of fused-ring (bicyclic) bond motifs is 1. The number of pyridine rings is 1. The Bertz CT molecular complexity index is 701. The highest BCUT2D eigenvalue weighted by molar-refractivity contribution is 5.91. The first-order chi connectivity index (χ1) is 10.4. The topological polar surface area (TPSA) is 54.0 Å². The zero-order valence-electron chi connectivity index (χ0n) is 12.8. The van der Waals surface area contributed by atoms with Crippen LogP contribution in [0.25, 0.3) is 10.9 Å². The van der Waals surface area contributed by atoms with Gasteiger partial charge in [-0.15, -0.1) is 0 Å². The van der Waals surface area contributed by atoms with Gasteiger partial charge in [-0.1, -0.05) is 13.8 Å². The molecule has 0 aliphatic carbocycles. The molecule has 6 heteroatoms. The van der Waals surface area contributed by atoms with Crippen molar-refractivity contribution in [2.45, 2.75) is 20.8 Å². The first-order valence-electron chi connectivity index (χ1n) is 7.17. The molecule has 0 saturated carbocycles. The van der Waals surface area contributed by atoms with Crippen LogP contribution in [0.15, 0.2) is 18.2 Å². The zero-order valence-corrected chi connectivity index (χ0v) is 12.8. The van der Waals surface area contributed by atoms with Gasteiger partial charge >= 0.3 is 0 Å². The summed E-state index contributed by atoms with van der Waals surface area (Å²) in [5, 5.41) is 6.42. The molecule has 2 N–H and O–H groups in total. The molecule has 2 aromatic rings. The largest absolute Gasteiger partial charge is 0.383 e. The molecule has 0 aliphatic rings. The summed E-state index contributed by atoms with van der Waals surface area (Å²) < 4.78 is 27.1. The number of nitrogens with one attached hydrogen (secondary N) is 2. The molecule has 1 amide bonds. The molecule has 0 saturated heterocycles. The van der Waals surface area contributed by atoms with Crippen LogP contribution in [-0.4, -0.2) is 24.0 Å². The van der Waals surface area contributed by atoms with Gasteiger partial charge in [-0.25, -0.2) is 13.8 Å². The summed E-state index contributed by atoms with van der Waals surface area (Å²) in [7, 11) is 0. The van der Waals surface area contributed by atoms with E-state index in [1.54, 1.807) is 13.0 Å². The molecule has 0 radical (unpaired) electrons. The van der Waals surface area contributed by atoms with E-state index in [0.29, 0.717) is 29.9 Å². The summed E-state index contributed by atoms with van der Waals surface area (Å²) in [6.07, 6.45) is 0. The molecular weight excluding hydrogens is 288 g/mol. The van der Waals surface area contributed by atoms with Crippen LogP contribution in [0.1, 0.15) is 19.5 Å². The Kier molecular flexibility index (Phi) is 4.90. The van der Waals surface area contributed by atoms with Crippen molar-refractivity contribution in [1.29, 1.82) is 0 Å². The predicted octanol–water partition coefficient (Wildman–Crippen LogP) is 3.01. The predicted molar refractivity (Wildman–Crippen MR) is 82.7 cm³/mol. The Morgan fingerprint density at radius 1 is 1.27 bits per heavy atom. The molecule has 118 valence electrons. The number of aromatic nitrogens is 1. The van der Waals surface area contributed by atoms with Gasteiger partial charge in [-0.05, 0) is 25.1 Å². The highest BCUT2D eigenvalue weighted by Gasteiger charge is 2.12. The van der Waals surface area contributed by atoms with Crippen LogP contribution in [0.3, 0.4) is 0 Å². The van der Waals surface area contributed by atoms with Gasteiger partial charge in [0.2, 0.25) is 5.91 Å². The minimum absolute atomic E-state index is 0.00807. The minimum Gasteiger partial charge on any atom is -0.383 e. The lowest BCUT2D eigenvalue weighted by Crippen LogP contribution is -2.31. The molecule has 4 nitrogen and oxygen atoms in total. The van der Waals surface area contributed by atoms with E-state index < -0.39 is 11.6 Å². The van der Waals surface area contributed by atoms with E-state index in [1.807, 2.05) is 13.8 Å². The second kappa shape index (κ2) is 6.68. The summed E-state index contributed by atoms with van der Waals surface area (Å²) in [6, 6.07) is 4.35. The number of benzene rings is 1. The molecule has 0 bridgehead atoms. The van der Waals surface area contributed by atoms with E-state index in [0.717, 1.165) is 6.07 Å². The molecule has 0 atom stereocenters. The van der Waals surface area contributed by atoms with Gasteiger partial charge in [0.25, 0.3) is 0 Å². The van der Waals surface area contributed by atoms with E-state index in [1.165, 1.54) is 6.07 Å². The number of hydrogen-bond donors (Lipinski definition) is 2. The van der Waals surface area contributed by atoms with Gasteiger partial charge in [0.1, 0.15) is 5.52 Å². The van der Waals surface area contributed by atoms with Crippen molar-refractivity contribution >= 4 is 22.5 Å². The molecule has 0 spiro atoms. The molecule has 1 aromatic carbocycles. The third-order valence-electron chi connectivity index (χ3n) is 3.26. The van der Waals surface area contributed by atoms with Crippen molar-refractivity contribution in [3.05, 3.63) is 35.5 Å². The quantitative estimate of drug-likeness (QED) is 0.835. The van der Waals surface area contributed by atoms with E-state index in [4.69, 9.17) is 0 Å². The Balaban J connectivity index is 2.14. The summed E-state index contributed by atoms with van der Waals surface area (Å²) in [6.45, 7) is 6.29. The maximum Gasteiger partial charge on any atom is 0.222 e. The Morgan fingerprint density at radius 2 is 2.00 bits per heavy atom. The summed E-state index contributed by atoms with van der Waals surface area (Å²) in [5.74, 6) is -1.95. The average molecular weight is 307 g/mol. The lowest BCUT2D eigenvalue weighted by molar-refractivity contribution is -0.123. The Morgan fingerprint density at radius 3 is 2.68 bits per heavy atom. The summed E-state index contributed by atoms with van der Waals surface area (Å²) in [5.41, 5.74) is 1.26. The maximum atomic E-state index is 13.8. The SMILES string of the molecule is Cc1cc(NCCNC(=O)C(C)C)c2ccc(F)c(F)c2n1. The Hall–Kier alpha value is -2.24. The first kappa shape index (κ1) is 16.1. The van der Waals surface area contributed by atoms with Crippen molar-refractivity contribution in [2.24, 2.45) is 5.92 Å². The number of rotatable bonds is 5. The summed E-state index contributed by atoms with van der Waals surface area (Å²) >= 11 is 0. The van der Waals surface area contributed by atoms with Gasteiger partial charge in [-0.3, -0.25) is 4.79 Å². The van der Waals surface area contributed by atoms with E-state index >= 15 is 0 Å². The molecule has 0 fully saturated rings. The fourth-order valence-electron chi connectivity index (χ4n) is 2.10. The molecule has 1 heterocycles. The van der Waals surface area contributed by atoms with Gasteiger partial charge in [0, 0.05) is 35.8 Å². The second-order valence-electron chi connectivity index (χ2n) is 5.44. The number of carbonyl (C=O) groups is 1. The second-order valence-corrected chi connectivity index (χ2v) is 5.44. The minimum atomic E-state index is -0.947. The molecular formula is C16H19F2N3O. The third-order valence-corrected chi connectivity index (χ3v) is 3.26. The van der Waals surface area contributed by atoms with Crippen molar-refractivity contribution < 1.29 is 13.6 Å². The summed E-state index contributed by atoms with van der Waals surface area (Å²) in [4.78, 5) is 15.5. The van der Waals surface area contributed by atoms with Crippen LogP contribution in [0, 0.1) is 24.5 Å². The lowest BCUT2D eigenvalue weighted by atomic mass is 10.1. The number of amides is 1. The third kappa shape index (κ3) is 3.50. The van der Waals surface area contributed by atoms with Crippen molar-refractivity contribution in [3.63, 3.8) is 0 Å². The lowest BCUT2D eigenvalue weighted by Gasteiger charge is -2.12. The maximum absolute atomic E-state index is 13.8. The monoisotopic (exact) mass is 307 g/mol. The normalized spacial score (nSPS) is 11.0. The number of aryl methyl sites for hydroxylation is 1. The highest BCUT2D eigenvalue weighted by Crippen LogP contribution is 2.26. The molecule has 1 aromatic heterocycles. The molecule has 0 unspecified atom stereocenters. The van der Waals surface area contributed by atoms with Crippen LogP contribution in [0.2, 0.25) is 0 Å². The van der Waals surface area contributed by atoms with Crippen molar-refractivity contribution in [2.75, 3.05) is 18.4 Å². The van der Waals surface area contributed by atoms with Gasteiger partial charge in [-0.2, -0.15) is 0 Å². The smallest absolute Gasteiger partial charge is 0.222 e. The van der Waals surface area contributed by atoms with Crippen LogP contribution >= 0.6 is 0 Å². The zero-order chi connectivity index (χ0) is 16.3. The molecule has 2 rings (SSSR count). The van der Waals surface area contributed by atoms with Crippen LogP contribution in [0.5, 0.6) is 0 Å². The van der Waals surface area contributed by atoms with Crippen LogP contribution in [-0.2, 0) is 4.79 Å². The van der Waals surface area contributed by atoms with Crippen molar-refractivity contribution in [1.82, 2.24) is 10.3 Å². The van der Waals surface area contributed by atoms with Crippen LogP contribution in [0.4, 0.5) is 14.5 Å². The molecule has 0 aliphatic heterocycles. The fraction of sp³-hybridized carbons (Fsp3) is 0.375. The highest BCUT2D eigenvalue weighted by atomic mass is 19.2. The standard InChI is InChI=1S/C16H19F2N3O/c1-9(2)16(22)20-7-6-19-13-8-10(3)21-15-11(13)4-5-12(17)14(15)18/h4-5,8-9H,6-7H2,1-3H3,(H,19,21)(H,20,22). The van der Waals surface area contributed by atoms with Gasteiger partial charge < -0.3 is 10.6 Å². The van der Waals surface area contributed by atoms with Gasteiger partial charge in [0.15, 0.2) is 11.6 Å².